The quantitative estimate of drug-likeness (QED) is 0.650. The Bertz CT molecular complexity index is 310. The van der Waals surface area contributed by atoms with Crippen molar-refractivity contribution >= 4 is 12.1 Å². The number of aromatic nitrogens is 1. The highest BCUT2D eigenvalue weighted by Crippen LogP contribution is 2.16. The smallest absolute Gasteiger partial charge is 0.215 e. The van der Waals surface area contributed by atoms with Crippen LogP contribution >= 0.6 is 0 Å². The topological polar surface area (TPSA) is 42.4 Å². The molecule has 0 amide bonds. The second-order valence-electron chi connectivity index (χ2n) is 2.81. The molecule has 1 aromatic rings. The third-order valence-electron chi connectivity index (χ3n) is 1.61. The molecule has 0 unspecified atom stereocenters. The molecule has 0 radical (unpaired) electrons. The molecule has 4 heteroatoms. The fraction of sp³-hybridized carbons (Fsp3) is 0.333. The summed E-state index contributed by atoms with van der Waals surface area (Å²) in [5.74, 6) is 1.16. The van der Waals surface area contributed by atoms with Crippen molar-refractivity contribution in [1.29, 1.82) is 0 Å². The predicted molar refractivity (Wildman–Crippen MR) is 50.5 cm³/mol. The van der Waals surface area contributed by atoms with E-state index in [1.807, 2.05) is 19.0 Å². The number of ether oxygens (including phenoxy) is 1. The Hall–Kier alpha value is -1.58. The van der Waals surface area contributed by atoms with Crippen molar-refractivity contribution in [3.05, 3.63) is 17.7 Å². The molecular formula is C9H12N2O2. The molecule has 0 bridgehead atoms. The van der Waals surface area contributed by atoms with E-state index in [2.05, 4.69) is 4.98 Å². The first-order valence-corrected chi connectivity index (χ1v) is 3.86. The van der Waals surface area contributed by atoms with Crippen molar-refractivity contribution < 1.29 is 9.53 Å². The van der Waals surface area contributed by atoms with Crippen LogP contribution < -0.4 is 9.64 Å². The first kappa shape index (κ1) is 9.51. The molecule has 0 aromatic carbocycles. The minimum atomic E-state index is 0.452. The van der Waals surface area contributed by atoms with E-state index in [1.165, 1.54) is 7.11 Å². The summed E-state index contributed by atoms with van der Waals surface area (Å²) in [4.78, 5) is 16.5. The summed E-state index contributed by atoms with van der Waals surface area (Å²) in [6.07, 6.45) is 0.775. The maximum absolute atomic E-state index is 10.5. The second-order valence-corrected chi connectivity index (χ2v) is 2.81. The molecule has 0 aliphatic carbocycles. The molecule has 0 aliphatic heterocycles. The average molecular weight is 180 g/mol. The average Bonchev–Trinajstić information content (AvgIpc) is 2.16. The van der Waals surface area contributed by atoms with Gasteiger partial charge >= 0.3 is 0 Å². The van der Waals surface area contributed by atoms with E-state index in [1.54, 1.807) is 12.1 Å². The number of carbonyl (C=O) groups excluding carboxylic acids is 1. The SMILES string of the molecule is COc1cc(C=O)cc(N(C)C)n1. The van der Waals surface area contributed by atoms with Crippen LogP contribution in [0.15, 0.2) is 12.1 Å². The standard InChI is InChI=1S/C9H12N2O2/c1-11(2)8-4-7(6-12)5-9(10-8)13-3/h4-6H,1-3H3. The zero-order valence-electron chi connectivity index (χ0n) is 7.94. The molecule has 0 aliphatic rings. The summed E-state index contributed by atoms with van der Waals surface area (Å²) < 4.78 is 4.95. The van der Waals surface area contributed by atoms with Gasteiger partial charge in [0, 0.05) is 25.7 Å². The van der Waals surface area contributed by atoms with Crippen LogP contribution in [0.25, 0.3) is 0 Å². The summed E-state index contributed by atoms with van der Waals surface area (Å²) in [6, 6.07) is 3.30. The van der Waals surface area contributed by atoms with Gasteiger partial charge in [-0.1, -0.05) is 0 Å². The lowest BCUT2D eigenvalue weighted by Crippen LogP contribution is -2.11. The number of nitrogens with zero attached hydrogens (tertiary/aromatic N) is 2. The number of carbonyl (C=O) groups is 1. The van der Waals surface area contributed by atoms with Gasteiger partial charge in [0.1, 0.15) is 12.1 Å². The number of rotatable bonds is 3. The van der Waals surface area contributed by atoms with Crippen LogP contribution in [0.4, 0.5) is 5.82 Å². The highest BCUT2D eigenvalue weighted by Gasteiger charge is 2.03. The minimum absolute atomic E-state index is 0.452. The molecule has 0 saturated carbocycles. The number of hydrogen-bond donors (Lipinski definition) is 0. The summed E-state index contributed by atoms with van der Waals surface area (Å²) in [7, 11) is 5.24. The zero-order valence-corrected chi connectivity index (χ0v) is 7.94. The van der Waals surface area contributed by atoms with E-state index in [4.69, 9.17) is 4.74 Å². The number of hydrogen-bond acceptors (Lipinski definition) is 4. The van der Waals surface area contributed by atoms with Crippen molar-refractivity contribution in [2.75, 3.05) is 26.1 Å². The lowest BCUT2D eigenvalue weighted by Gasteiger charge is -2.12. The third-order valence-corrected chi connectivity index (χ3v) is 1.61. The monoisotopic (exact) mass is 180 g/mol. The Labute approximate surface area is 77.1 Å². The van der Waals surface area contributed by atoms with Gasteiger partial charge in [0.15, 0.2) is 0 Å². The molecule has 0 spiro atoms. The Morgan fingerprint density at radius 2 is 2.15 bits per heavy atom. The Kier molecular flexibility index (Phi) is 2.84. The van der Waals surface area contributed by atoms with Gasteiger partial charge in [-0.05, 0) is 6.07 Å². The predicted octanol–water partition coefficient (Wildman–Crippen LogP) is 0.969. The van der Waals surface area contributed by atoms with Crippen LogP contribution in [0, 0.1) is 0 Å². The second kappa shape index (κ2) is 3.89. The molecule has 1 heterocycles. The van der Waals surface area contributed by atoms with Gasteiger partial charge in [-0.25, -0.2) is 0 Å². The molecule has 13 heavy (non-hydrogen) atoms. The maximum atomic E-state index is 10.5. The van der Waals surface area contributed by atoms with E-state index in [9.17, 15) is 4.79 Å². The van der Waals surface area contributed by atoms with E-state index in [0.717, 1.165) is 6.29 Å². The van der Waals surface area contributed by atoms with E-state index in [0.29, 0.717) is 17.3 Å². The van der Waals surface area contributed by atoms with Gasteiger partial charge in [-0.3, -0.25) is 4.79 Å². The Balaban J connectivity index is 3.14. The number of anilines is 1. The van der Waals surface area contributed by atoms with Crippen LogP contribution in [-0.2, 0) is 0 Å². The van der Waals surface area contributed by atoms with Crippen molar-refractivity contribution in [2.45, 2.75) is 0 Å². The molecule has 1 aromatic heterocycles. The maximum Gasteiger partial charge on any atom is 0.215 e. The third kappa shape index (κ3) is 2.18. The summed E-state index contributed by atoms with van der Waals surface area (Å²) >= 11 is 0. The van der Waals surface area contributed by atoms with Crippen molar-refractivity contribution in [1.82, 2.24) is 4.98 Å². The molecule has 0 saturated heterocycles. The van der Waals surface area contributed by atoms with Gasteiger partial charge in [-0.2, -0.15) is 4.98 Å². The highest BCUT2D eigenvalue weighted by molar-refractivity contribution is 5.77. The highest BCUT2D eigenvalue weighted by atomic mass is 16.5. The minimum Gasteiger partial charge on any atom is -0.481 e. The number of methoxy groups -OCH3 is 1. The fourth-order valence-electron chi connectivity index (χ4n) is 0.912. The normalized spacial score (nSPS) is 9.46. The van der Waals surface area contributed by atoms with Crippen LogP contribution in [0.3, 0.4) is 0 Å². The van der Waals surface area contributed by atoms with Gasteiger partial charge in [-0.15, -0.1) is 0 Å². The van der Waals surface area contributed by atoms with Crippen molar-refractivity contribution in [3.8, 4) is 5.88 Å². The van der Waals surface area contributed by atoms with Crippen LogP contribution in [0.2, 0.25) is 0 Å². The van der Waals surface area contributed by atoms with Crippen molar-refractivity contribution in [2.24, 2.45) is 0 Å². The molecular weight excluding hydrogens is 168 g/mol. The summed E-state index contributed by atoms with van der Waals surface area (Å²) in [5, 5.41) is 0. The number of aldehydes is 1. The van der Waals surface area contributed by atoms with Gasteiger partial charge in [0.2, 0.25) is 5.88 Å². The fourth-order valence-corrected chi connectivity index (χ4v) is 0.912. The van der Waals surface area contributed by atoms with Gasteiger partial charge in [0.25, 0.3) is 0 Å². The Morgan fingerprint density at radius 1 is 1.46 bits per heavy atom. The van der Waals surface area contributed by atoms with Crippen LogP contribution in [0.1, 0.15) is 10.4 Å². The van der Waals surface area contributed by atoms with E-state index in [-0.39, 0.29) is 0 Å². The molecule has 4 nitrogen and oxygen atoms in total. The van der Waals surface area contributed by atoms with Crippen LogP contribution in [0.5, 0.6) is 5.88 Å². The van der Waals surface area contributed by atoms with Crippen molar-refractivity contribution in [3.63, 3.8) is 0 Å². The molecule has 1 rings (SSSR count). The molecule has 0 fully saturated rings. The van der Waals surface area contributed by atoms with E-state index < -0.39 is 0 Å². The summed E-state index contributed by atoms with van der Waals surface area (Å²) in [6.45, 7) is 0. The first-order chi connectivity index (χ1) is 6.17. The number of pyridine rings is 1. The summed E-state index contributed by atoms with van der Waals surface area (Å²) in [5.41, 5.74) is 0.565. The zero-order chi connectivity index (χ0) is 9.84. The lowest BCUT2D eigenvalue weighted by atomic mass is 10.3. The van der Waals surface area contributed by atoms with Gasteiger partial charge < -0.3 is 9.64 Å². The van der Waals surface area contributed by atoms with E-state index >= 15 is 0 Å². The molecule has 0 atom stereocenters. The van der Waals surface area contributed by atoms with Gasteiger partial charge in [0.05, 0.1) is 7.11 Å². The lowest BCUT2D eigenvalue weighted by molar-refractivity contribution is 0.112. The van der Waals surface area contributed by atoms with Crippen LogP contribution in [-0.4, -0.2) is 32.5 Å². The largest absolute Gasteiger partial charge is 0.481 e. The first-order valence-electron chi connectivity index (χ1n) is 3.86. The molecule has 70 valence electrons. The Morgan fingerprint density at radius 3 is 2.62 bits per heavy atom. The molecule has 0 N–H and O–H groups in total.